The normalized spacial score (nSPS) is 10.9. The minimum absolute atomic E-state index is 0.459. The quantitative estimate of drug-likeness (QED) is 0.784. The fourth-order valence-corrected chi connectivity index (χ4v) is 3.26. The molecule has 3 rings (SSSR count). The van der Waals surface area contributed by atoms with Crippen LogP contribution >= 0.6 is 27.3 Å². The second kappa shape index (κ2) is 5.38. The highest BCUT2D eigenvalue weighted by atomic mass is 79.9. The molecule has 1 aromatic carbocycles. The largest absolute Gasteiger partial charge is 0.381 e. The number of aromatic nitrogens is 2. The van der Waals surface area contributed by atoms with E-state index < -0.39 is 0 Å². The number of hydrogen-bond donors (Lipinski definition) is 1. The molecule has 0 saturated carbocycles. The molecule has 0 saturated heterocycles. The number of nitrogens with zero attached hydrogens (tertiary/aromatic N) is 3. The van der Waals surface area contributed by atoms with Gasteiger partial charge >= 0.3 is 0 Å². The average molecular weight is 349 g/mol. The molecule has 2 N–H and O–H groups in total. The van der Waals surface area contributed by atoms with E-state index in [0.717, 1.165) is 21.4 Å². The number of nitrogen functional groups attached to an aromatic ring is 1. The molecule has 0 aliphatic carbocycles. The second-order valence-electron chi connectivity index (χ2n) is 4.54. The molecule has 0 radical (unpaired) electrons. The van der Waals surface area contributed by atoms with Gasteiger partial charge in [-0.2, -0.15) is 0 Å². The van der Waals surface area contributed by atoms with E-state index in [2.05, 4.69) is 37.3 Å². The van der Waals surface area contributed by atoms with E-state index >= 15 is 0 Å². The first-order valence-electron chi connectivity index (χ1n) is 6.10. The van der Waals surface area contributed by atoms with Crippen LogP contribution in [0.1, 0.15) is 5.56 Å². The Morgan fingerprint density at radius 1 is 1.25 bits per heavy atom. The number of benzene rings is 1. The zero-order valence-electron chi connectivity index (χ0n) is 10.9. The fourth-order valence-electron chi connectivity index (χ4n) is 2.06. The standard InChI is InChI=1S/C14H13BrN4S/c1-19(7-9-6-12(15)20-8-9)14-13(16)17-10-4-2-3-5-11(10)18-14/h2-6,8H,7H2,1H3,(H2,16,17). The maximum absolute atomic E-state index is 6.02. The van der Waals surface area contributed by atoms with Gasteiger partial charge in [0, 0.05) is 13.6 Å². The van der Waals surface area contributed by atoms with Gasteiger partial charge in [-0.1, -0.05) is 12.1 Å². The van der Waals surface area contributed by atoms with Crippen LogP contribution in [0.3, 0.4) is 0 Å². The van der Waals surface area contributed by atoms with Gasteiger partial charge in [0.25, 0.3) is 0 Å². The van der Waals surface area contributed by atoms with Gasteiger partial charge in [0.05, 0.1) is 14.8 Å². The van der Waals surface area contributed by atoms with Crippen LogP contribution in [0.15, 0.2) is 39.5 Å². The van der Waals surface area contributed by atoms with E-state index in [1.54, 1.807) is 11.3 Å². The van der Waals surface area contributed by atoms with Crippen molar-refractivity contribution in [1.29, 1.82) is 0 Å². The van der Waals surface area contributed by atoms with Crippen LogP contribution in [-0.4, -0.2) is 17.0 Å². The first-order valence-corrected chi connectivity index (χ1v) is 7.77. The van der Waals surface area contributed by atoms with E-state index in [4.69, 9.17) is 5.73 Å². The molecule has 20 heavy (non-hydrogen) atoms. The molecule has 0 spiro atoms. The zero-order valence-corrected chi connectivity index (χ0v) is 13.3. The third kappa shape index (κ3) is 2.62. The average Bonchev–Trinajstić information content (AvgIpc) is 2.83. The summed E-state index contributed by atoms with van der Waals surface area (Å²) in [5.74, 6) is 1.17. The summed E-state index contributed by atoms with van der Waals surface area (Å²) in [5, 5.41) is 2.12. The Labute approximate surface area is 129 Å². The van der Waals surface area contributed by atoms with Crippen LogP contribution in [0.5, 0.6) is 0 Å². The van der Waals surface area contributed by atoms with Crippen LogP contribution in [-0.2, 0) is 6.54 Å². The molecular formula is C14H13BrN4S. The molecule has 0 aliphatic heterocycles. The van der Waals surface area contributed by atoms with Crippen molar-refractivity contribution in [2.45, 2.75) is 6.54 Å². The molecule has 0 aliphatic rings. The Morgan fingerprint density at radius 2 is 1.95 bits per heavy atom. The minimum atomic E-state index is 0.459. The Morgan fingerprint density at radius 3 is 2.60 bits per heavy atom. The van der Waals surface area contributed by atoms with Crippen molar-refractivity contribution in [3.8, 4) is 0 Å². The van der Waals surface area contributed by atoms with Crippen LogP contribution in [0, 0.1) is 0 Å². The fraction of sp³-hybridized carbons (Fsp3) is 0.143. The summed E-state index contributed by atoms with van der Waals surface area (Å²) >= 11 is 5.14. The lowest BCUT2D eigenvalue weighted by atomic mass is 10.3. The van der Waals surface area contributed by atoms with E-state index in [1.165, 1.54) is 5.56 Å². The van der Waals surface area contributed by atoms with Gasteiger partial charge in [0.1, 0.15) is 0 Å². The molecule has 0 fully saturated rings. The summed E-state index contributed by atoms with van der Waals surface area (Å²) in [5.41, 5.74) is 8.92. The summed E-state index contributed by atoms with van der Waals surface area (Å²) in [6, 6.07) is 9.85. The Bertz CT molecular complexity index is 756. The van der Waals surface area contributed by atoms with Crippen molar-refractivity contribution in [3.63, 3.8) is 0 Å². The highest BCUT2D eigenvalue weighted by molar-refractivity contribution is 9.11. The number of fused-ring (bicyclic) bond motifs is 1. The summed E-state index contributed by atoms with van der Waals surface area (Å²) in [4.78, 5) is 11.0. The lowest BCUT2D eigenvalue weighted by Gasteiger charge is -2.19. The summed E-state index contributed by atoms with van der Waals surface area (Å²) < 4.78 is 1.12. The predicted molar refractivity (Wildman–Crippen MR) is 88.1 cm³/mol. The maximum Gasteiger partial charge on any atom is 0.172 e. The first kappa shape index (κ1) is 13.3. The van der Waals surface area contributed by atoms with E-state index in [-0.39, 0.29) is 0 Å². The van der Waals surface area contributed by atoms with E-state index in [9.17, 15) is 0 Å². The van der Waals surface area contributed by atoms with Crippen molar-refractivity contribution in [3.05, 3.63) is 45.1 Å². The van der Waals surface area contributed by atoms with Crippen molar-refractivity contribution < 1.29 is 0 Å². The van der Waals surface area contributed by atoms with Gasteiger partial charge in [-0.15, -0.1) is 11.3 Å². The molecule has 0 bridgehead atoms. The molecule has 2 heterocycles. The molecular weight excluding hydrogens is 336 g/mol. The smallest absolute Gasteiger partial charge is 0.172 e. The number of anilines is 2. The summed E-state index contributed by atoms with van der Waals surface area (Å²) in [6.45, 7) is 0.749. The maximum atomic E-state index is 6.02. The molecule has 0 amide bonds. The lowest BCUT2D eigenvalue weighted by molar-refractivity contribution is 0.904. The summed E-state index contributed by atoms with van der Waals surface area (Å²) in [7, 11) is 1.97. The van der Waals surface area contributed by atoms with Crippen LogP contribution in [0.25, 0.3) is 11.0 Å². The van der Waals surface area contributed by atoms with E-state index in [1.807, 2.05) is 36.2 Å². The monoisotopic (exact) mass is 348 g/mol. The Hall–Kier alpha value is -1.66. The third-order valence-electron chi connectivity index (χ3n) is 2.98. The number of thiophene rings is 1. The van der Waals surface area contributed by atoms with Gasteiger partial charge in [0.2, 0.25) is 0 Å². The topological polar surface area (TPSA) is 55.0 Å². The SMILES string of the molecule is CN(Cc1csc(Br)c1)c1nc2ccccc2nc1N. The number of hydrogen-bond acceptors (Lipinski definition) is 5. The molecule has 0 unspecified atom stereocenters. The van der Waals surface area contributed by atoms with Crippen molar-refractivity contribution in [2.24, 2.45) is 0 Å². The van der Waals surface area contributed by atoms with Crippen molar-refractivity contribution in [1.82, 2.24) is 9.97 Å². The zero-order chi connectivity index (χ0) is 14.1. The number of nitrogens with two attached hydrogens (primary N) is 1. The van der Waals surface area contributed by atoms with Gasteiger partial charge in [-0.25, -0.2) is 9.97 Å². The first-order chi connectivity index (χ1) is 9.63. The number of rotatable bonds is 3. The molecule has 6 heteroatoms. The third-order valence-corrected chi connectivity index (χ3v) is 4.53. The van der Waals surface area contributed by atoms with Gasteiger partial charge in [-0.05, 0) is 45.1 Å². The minimum Gasteiger partial charge on any atom is -0.381 e. The van der Waals surface area contributed by atoms with Crippen molar-refractivity contribution in [2.75, 3.05) is 17.7 Å². The molecule has 0 atom stereocenters. The lowest BCUT2D eigenvalue weighted by Crippen LogP contribution is -2.19. The molecule has 3 aromatic rings. The van der Waals surface area contributed by atoms with Crippen LogP contribution in [0.2, 0.25) is 0 Å². The second-order valence-corrected chi connectivity index (χ2v) is 6.83. The highest BCUT2D eigenvalue weighted by Crippen LogP contribution is 2.25. The van der Waals surface area contributed by atoms with Gasteiger partial charge < -0.3 is 10.6 Å². The van der Waals surface area contributed by atoms with Crippen LogP contribution in [0.4, 0.5) is 11.6 Å². The number of para-hydroxylation sites is 2. The summed E-state index contributed by atoms with van der Waals surface area (Å²) in [6.07, 6.45) is 0. The predicted octanol–water partition coefficient (Wildman–Crippen LogP) is 3.67. The van der Waals surface area contributed by atoms with E-state index in [0.29, 0.717) is 11.6 Å². The molecule has 102 valence electrons. The highest BCUT2D eigenvalue weighted by Gasteiger charge is 2.11. The van der Waals surface area contributed by atoms with Crippen molar-refractivity contribution >= 4 is 49.9 Å². The van der Waals surface area contributed by atoms with Gasteiger partial charge in [0.15, 0.2) is 11.6 Å². The molecule has 4 nitrogen and oxygen atoms in total. The number of halogens is 1. The Balaban J connectivity index is 1.94. The van der Waals surface area contributed by atoms with Gasteiger partial charge in [-0.3, -0.25) is 0 Å². The molecule has 2 aromatic heterocycles. The Kier molecular flexibility index (Phi) is 3.58. The van der Waals surface area contributed by atoms with Crippen LogP contribution < -0.4 is 10.6 Å².